The molecule has 0 saturated carbocycles. The van der Waals surface area contributed by atoms with Crippen LogP contribution in [-0.4, -0.2) is 140 Å². The summed E-state index contributed by atoms with van der Waals surface area (Å²) in [6.07, 6.45) is -16.7. The summed E-state index contributed by atoms with van der Waals surface area (Å²) in [7, 11) is 0. The van der Waals surface area contributed by atoms with Crippen molar-refractivity contribution in [2.75, 3.05) is 26.4 Å². The largest absolute Gasteiger partial charge is 0.394 e. The highest BCUT2D eigenvalue weighted by atomic mass is 16.7. The number of aliphatic hydroxyl groups is 9. The van der Waals surface area contributed by atoms with Crippen LogP contribution in [-0.2, 0) is 18.9 Å². The molecule has 0 radical (unpaired) electrons. The first kappa shape index (κ1) is 23.8. The van der Waals surface area contributed by atoms with Gasteiger partial charge in [-0.05, 0) is 0 Å². The van der Waals surface area contributed by atoms with Crippen molar-refractivity contribution < 1.29 is 64.9 Å². The molecular weight excluding hydrogens is 388 g/mol. The number of hydrogen-bond acceptors (Lipinski definition) is 13. The van der Waals surface area contributed by atoms with Gasteiger partial charge in [0.05, 0.1) is 26.4 Å². The van der Waals surface area contributed by atoms with E-state index in [0.29, 0.717) is 0 Å². The van der Waals surface area contributed by atoms with E-state index in [1.165, 1.54) is 0 Å². The Morgan fingerprint density at radius 2 is 1.29 bits per heavy atom. The Labute approximate surface area is 159 Å². The zero-order valence-corrected chi connectivity index (χ0v) is 14.8. The van der Waals surface area contributed by atoms with Crippen molar-refractivity contribution in [2.24, 2.45) is 0 Å². The fourth-order valence-electron chi connectivity index (χ4n) is 2.95. The molecule has 2 heterocycles. The maximum absolute atomic E-state index is 10.3. The lowest BCUT2D eigenvalue weighted by Crippen LogP contribution is -2.64. The van der Waals surface area contributed by atoms with Gasteiger partial charge in [-0.25, -0.2) is 0 Å². The molecule has 9 N–H and O–H groups in total. The van der Waals surface area contributed by atoms with Crippen LogP contribution in [0.4, 0.5) is 0 Å². The van der Waals surface area contributed by atoms with Crippen molar-refractivity contribution in [3.63, 3.8) is 0 Å². The van der Waals surface area contributed by atoms with E-state index in [-0.39, 0.29) is 0 Å². The number of hydrogen-bond donors (Lipinski definition) is 9. The van der Waals surface area contributed by atoms with Gasteiger partial charge in [-0.1, -0.05) is 0 Å². The van der Waals surface area contributed by atoms with E-state index < -0.39 is 93.9 Å². The minimum absolute atomic E-state index is 0.415. The highest BCUT2D eigenvalue weighted by molar-refractivity contribution is 4.94. The first-order valence-corrected chi connectivity index (χ1v) is 8.74. The SMILES string of the molecule is OCC(O)CO[C@H]1O[C@H](CO)[C@@H](O[C@H]2O[C@H](CO)[C@@H](O)[C@H](O)[C@H]2O)[C@H](O)[C@H]1O. The second-order valence-electron chi connectivity index (χ2n) is 6.67. The summed E-state index contributed by atoms with van der Waals surface area (Å²) in [5, 5.41) is 86.9. The van der Waals surface area contributed by atoms with Crippen LogP contribution < -0.4 is 0 Å². The molecule has 2 saturated heterocycles. The summed E-state index contributed by atoms with van der Waals surface area (Å²) in [5.41, 5.74) is 0. The Bertz CT molecular complexity index is 463. The third-order valence-electron chi connectivity index (χ3n) is 4.62. The predicted octanol–water partition coefficient (Wildman–Crippen LogP) is -6.02. The Kier molecular flexibility index (Phi) is 8.90. The van der Waals surface area contributed by atoms with Crippen LogP contribution >= 0.6 is 0 Å². The van der Waals surface area contributed by atoms with Crippen molar-refractivity contribution in [3.05, 3.63) is 0 Å². The second-order valence-corrected chi connectivity index (χ2v) is 6.67. The Morgan fingerprint density at radius 1 is 0.714 bits per heavy atom. The van der Waals surface area contributed by atoms with E-state index >= 15 is 0 Å². The topological polar surface area (TPSA) is 219 Å². The van der Waals surface area contributed by atoms with Gasteiger partial charge in [0.1, 0.15) is 54.9 Å². The Morgan fingerprint density at radius 3 is 1.86 bits per heavy atom. The lowest BCUT2D eigenvalue weighted by molar-refractivity contribution is -0.360. The highest BCUT2D eigenvalue weighted by Gasteiger charge is 2.50. The molecule has 166 valence electrons. The van der Waals surface area contributed by atoms with E-state index in [4.69, 9.17) is 24.1 Å². The molecule has 28 heavy (non-hydrogen) atoms. The van der Waals surface area contributed by atoms with Gasteiger partial charge >= 0.3 is 0 Å². The van der Waals surface area contributed by atoms with Crippen LogP contribution in [0.25, 0.3) is 0 Å². The summed E-state index contributed by atoms with van der Waals surface area (Å²) >= 11 is 0. The average molecular weight is 416 g/mol. The van der Waals surface area contributed by atoms with Crippen molar-refractivity contribution in [1.82, 2.24) is 0 Å². The molecule has 2 fully saturated rings. The molecular formula is C15H28O13. The van der Waals surface area contributed by atoms with Crippen molar-refractivity contribution >= 4 is 0 Å². The van der Waals surface area contributed by atoms with Gasteiger partial charge in [0.25, 0.3) is 0 Å². The molecule has 0 aromatic rings. The minimum Gasteiger partial charge on any atom is -0.394 e. The fraction of sp³-hybridized carbons (Fsp3) is 1.00. The second kappa shape index (κ2) is 10.5. The molecule has 0 spiro atoms. The van der Waals surface area contributed by atoms with Crippen LogP contribution in [0.2, 0.25) is 0 Å². The van der Waals surface area contributed by atoms with Gasteiger partial charge in [-0.2, -0.15) is 0 Å². The monoisotopic (exact) mass is 416 g/mol. The smallest absolute Gasteiger partial charge is 0.187 e. The fourth-order valence-corrected chi connectivity index (χ4v) is 2.95. The normalized spacial score (nSPS) is 45.8. The molecule has 13 heteroatoms. The van der Waals surface area contributed by atoms with Gasteiger partial charge in [-0.3, -0.25) is 0 Å². The summed E-state index contributed by atoms with van der Waals surface area (Å²) in [5.74, 6) is 0. The van der Waals surface area contributed by atoms with Gasteiger partial charge in [0, 0.05) is 0 Å². The zero-order valence-electron chi connectivity index (χ0n) is 14.8. The molecule has 2 aliphatic rings. The van der Waals surface area contributed by atoms with E-state index in [1.54, 1.807) is 0 Å². The molecule has 1 unspecified atom stereocenters. The first-order chi connectivity index (χ1) is 13.2. The van der Waals surface area contributed by atoms with Crippen molar-refractivity contribution in [1.29, 1.82) is 0 Å². The van der Waals surface area contributed by atoms with Crippen molar-refractivity contribution in [3.8, 4) is 0 Å². The van der Waals surface area contributed by atoms with Gasteiger partial charge < -0.3 is 64.9 Å². The highest BCUT2D eigenvalue weighted by Crippen LogP contribution is 2.29. The number of rotatable bonds is 8. The first-order valence-electron chi connectivity index (χ1n) is 8.74. The summed E-state index contributed by atoms with van der Waals surface area (Å²) < 4.78 is 20.9. The van der Waals surface area contributed by atoms with Crippen LogP contribution in [0.15, 0.2) is 0 Å². The van der Waals surface area contributed by atoms with Crippen LogP contribution in [0.5, 0.6) is 0 Å². The minimum atomic E-state index is -1.75. The predicted molar refractivity (Wildman–Crippen MR) is 85.4 cm³/mol. The van der Waals surface area contributed by atoms with Crippen LogP contribution in [0.1, 0.15) is 0 Å². The molecule has 2 aliphatic heterocycles. The average Bonchev–Trinajstić information content (AvgIpc) is 2.70. The molecule has 0 aromatic heterocycles. The van der Waals surface area contributed by atoms with Crippen LogP contribution in [0, 0.1) is 0 Å². The summed E-state index contributed by atoms with van der Waals surface area (Å²) in [6.45, 7) is -2.41. The lowest BCUT2D eigenvalue weighted by atomic mass is 9.97. The van der Waals surface area contributed by atoms with Crippen LogP contribution in [0.3, 0.4) is 0 Å². The summed E-state index contributed by atoms with van der Waals surface area (Å²) in [4.78, 5) is 0. The zero-order chi connectivity index (χ0) is 21.0. The molecule has 2 rings (SSSR count). The lowest BCUT2D eigenvalue weighted by Gasteiger charge is -2.46. The van der Waals surface area contributed by atoms with E-state index in [2.05, 4.69) is 0 Å². The molecule has 0 aromatic carbocycles. The Hall–Kier alpha value is -0.520. The third-order valence-corrected chi connectivity index (χ3v) is 4.62. The standard InChI is InChI=1S/C15H28O13/c16-1-5(19)4-25-14-12(24)10(22)13(7(3-18)27-14)28-15-11(23)9(21)8(20)6(2-17)26-15/h5-24H,1-4H2/t5?,6-,7-,8-,9+,10-,11-,12-,13-,14+,15-/m1/s1. The molecule has 13 nitrogen and oxygen atoms in total. The van der Waals surface area contributed by atoms with Crippen molar-refractivity contribution in [2.45, 2.75) is 67.5 Å². The maximum atomic E-state index is 10.3. The van der Waals surface area contributed by atoms with Gasteiger partial charge in [0.15, 0.2) is 12.6 Å². The third kappa shape index (κ3) is 5.14. The number of aliphatic hydroxyl groups excluding tert-OH is 9. The van der Waals surface area contributed by atoms with E-state index in [0.717, 1.165) is 0 Å². The molecule has 0 aliphatic carbocycles. The van der Waals surface area contributed by atoms with Gasteiger partial charge in [-0.15, -0.1) is 0 Å². The van der Waals surface area contributed by atoms with E-state index in [1.807, 2.05) is 0 Å². The molecule has 11 atom stereocenters. The van der Waals surface area contributed by atoms with Gasteiger partial charge in [0.2, 0.25) is 0 Å². The maximum Gasteiger partial charge on any atom is 0.187 e. The number of ether oxygens (including phenoxy) is 4. The molecule has 0 bridgehead atoms. The summed E-state index contributed by atoms with van der Waals surface area (Å²) in [6, 6.07) is 0. The molecule has 0 amide bonds. The quantitative estimate of drug-likeness (QED) is 0.180. The van der Waals surface area contributed by atoms with E-state index in [9.17, 15) is 40.9 Å². The Balaban J connectivity index is 2.06.